The molecule has 23 heavy (non-hydrogen) atoms. The van der Waals surface area contributed by atoms with Crippen LogP contribution in [-0.2, 0) is 24.9 Å². The summed E-state index contributed by atoms with van der Waals surface area (Å²) in [6.45, 7) is 4.04. The number of hydrogen-bond donors (Lipinski definition) is 2. The molecule has 0 bridgehead atoms. The Morgan fingerprint density at radius 3 is 2.83 bits per heavy atom. The molecular weight excluding hydrogens is 310 g/mol. The van der Waals surface area contributed by atoms with Crippen molar-refractivity contribution in [3.05, 3.63) is 47.3 Å². The lowest BCUT2D eigenvalue weighted by atomic mass is 10.0. The molecule has 124 valence electrons. The Balaban J connectivity index is 1.82. The molecule has 0 fully saturated rings. The monoisotopic (exact) mass is 333 g/mol. The van der Waals surface area contributed by atoms with Crippen molar-refractivity contribution in [2.45, 2.75) is 38.1 Å². The summed E-state index contributed by atoms with van der Waals surface area (Å²) in [5.41, 5.74) is 3.23. The van der Waals surface area contributed by atoms with Gasteiger partial charge in [-0.2, -0.15) is 0 Å². The Morgan fingerprint density at radius 1 is 1.43 bits per heavy atom. The number of carbonyl (C=O) groups excluding carboxylic acids is 1. The molecule has 0 radical (unpaired) electrons. The fourth-order valence-corrected chi connectivity index (χ4v) is 3.16. The summed E-state index contributed by atoms with van der Waals surface area (Å²) >= 11 is 1.37. The molecule has 2 N–H and O–H groups in total. The summed E-state index contributed by atoms with van der Waals surface area (Å²) in [5.74, 6) is 0.304. The van der Waals surface area contributed by atoms with Gasteiger partial charge >= 0.3 is 0 Å². The lowest BCUT2D eigenvalue weighted by Crippen LogP contribution is -2.35. The van der Waals surface area contributed by atoms with Crippen LogP contribution in [0.5, 0.6) is 0 Å². The molecule has 5 nitrogen and oxygen atoms in total. The minimum absolute atomic E-state index is 0.00960. The molecule has 0 saturated carbocycles. The Kier molecular flexibility index (Phi) is 6.24. The van der Waals surface area contributed by atoms with Gasteiger partial charge in [-0.05, 0) is 31.4 Å². The van der Waals surface area contributed by atoms with E-state index in [2.05, 4.69) is 29.4 Å². The van der Waals surface area contributed by atoms with Gasteiger partial charge in [-0.1, -0.05) is 36.0 Å². The third-order valence-electron chi connectivity index (χ3n) is 3.73. The zero-order chi connectivity index (χ0) is 16.8. The van der Waals surface area contributed by atoms with Crippen LogP contribution in [0.2, 0.25) is 0 Å². The summed E-state index contributed by atoms with van der Waals surface area (Å²) < 4.78 is 1.80. The maximum Gasteiger partial charge on any atom is 0.230 e. The highest BCUT2D eigenvalue weighted by atomic mass is 32.2. The lowest BCUT2D eigenvalue weighted by molar-refractivity contribution is -0.119. The van der Waals surface area contributed by atoms with Crippen molar-refractivity contribution in [2.75, 3.05) is 5.75 Å². The molecule has 1 unspecified atom stereocenters. The first-order valence-corrected chi connectivity index (χ1v) is 8.58. The number of benzene rings is 1. The van der Waals surface area contributed by atoms with Crippen molar-refractivity contribution in [1.82, 2.24) is 14.9 Å². The Labute approximate surface area is 141 Å². The molecule has 0 spiro atoms. The highest BCUT2D eigenvalue weighted by molar-refractivity contribution is 7.99. The van der Waals surface area contributed by atoms with Crippen molar-refractivity contribution >= 4 is 17.7 Å². The molecule has 0 aliphatic rings. The van der Waals surface area contributed by atoms with E-state index in [1.165, 1.54) is 22.9 Å². The van der Waals surface area contributed by atoms with Gasteiger partial charge in [0.25, 0.3) is 0 Å². The maximum absolute atomic E-state index is 12.1. The number of nitrogens with zero attached hydrogens (tertiary/aromatic N) is 2. The summed E-state index contributed by atoms with van der Waals surface area (Å²) in [5, 5.41) is 12.9. The molecule has 1 heterocycles. The number of aryl methyl sites for hydroxylation is 1. The fourth-order valence-electron chi connectivity index (χ4n) is 2.37. The number of imidazole rings is 1. The largest absolute Gasteiger partial charge is 0.390 e. The van der Waals surface area contributed by atoms with Crippen molar-refractivity contribution in [1.29, 1.82) is 0 Å². The van der Waals surface area contributed by atoms with Crippen molar-refractivity contribution in [3.8, 4) is 0 Å². The van der Waals surface area contributed by atoms with Crippen LogP contribution < -0.4 is 5.32 Å². The van der Waals surface area contributed by atoms with Crippen molar-refractivity contribution in [3.63, 3.8) is 0 Å². The number of carbonyl (C=O) groups is 1. The third kappa shape index (κ3) is 4.84. The molecule has 0 saturated heterocycles. The second-order valence-electron chi connectivity index (χ2n) is 5.64. The first-order chi connectivity index (χ1) is 11.0. The molecule has 0 aliphatic carbocycles. The number of aromatic nitrogens is 2. The van der Waals surface area contributed by atoms with Gasteiger partial charge in [0.15, 0.2) is 5.16 Å². The fraction of sp³-hybridized carbons (Fsp3) is 0.412. The first kappa shape index (κ1) is 17.6. The maximum atomic E-state index is 12.1. The zero-order valence-corrected chi connectivity index (χ0v) is 14.6. The van der Waals surface area contributed by atoms with E-state index in [9.17, 15) is 4.79 Å². The van der Waals surface area contributed by atoms with Gasteiger partial charge in [-0.3, -0.25) is 4.79 Å². The average molecular weight is 333 g/mol. The molecule has 1 amide bonds. The molecular formula is C17H23N3O2S. The number of aliphatic hydroxyl groups excluding tert-OH is 1. The van der Waals surface area contributed by atoms with Gasteiger partial charge in [-0.25, -0.2) is 4.98 Å². The van der Waals surface area contributed by atoms with E-state index in [1.807, 2.05) is 26.1 Å². The van der Waals surface area contributed by atoms with Crippen LogP contribution in [0.25, 0.3) is 0 Å². The van der Waals surface area contributed by atoms with E-state index in [-0.39, 0.29) is 18.6 Å². The van der Waals surface area contributed by atoms with Crippen LogP contribution in [0.4, 0.5) is 0 Å². The smallest absolute Gasteiger partial charge is 0.230 e. The lowest BCUT2D eigenvalue weighted by Gasteiger charge is -2.15. The van der Waals surface area contributed by atoms with E-state index in [0.29, 0.717) is 5.75 Å². The van der Waals surface area contributed by atoms with E-state index in [4.69, 9.17) is 5.11 Å². The zero-order valence-electron chi connectivity index (χ0n) is 13.7. The van der Waals surface area contributed by atoms with Crippen molar-refractivity contribution in [2.24, 2.45) is 7.05 Å². The predicted octanol–water partition coefficient (Wildman–Crippen LogP) is 2.06. The third-order valence-corrected chi connectivity index (χ3v) is 4.77. The van der Waals surface area contributed by atoms with Crippen LogP contribution >= 0.6 is 11.8 Å². The van der Waals surface area contributed by atoms with E-state index in [1.54, 1.807) is 10.8 Å². The molecule has 1 aromatic heterocycles. The molecule has 1 atom stereocenters. The Morgan fingerprint density at radius 2 is 2.17 bits per heavy atom. The topological polar surface area (TPSA) is 67.2 Å². The average Bonchev–Trinajstić information content (AvgIpc) is 2.87. The van der Waals surface area contributed by atoms with E-state index < -0.39 is 0 Å². The quantitative estimate of drug-likeness (QED) is 0.761. The molecule has 0 aliphatic heterocycles. The van der Waals surface area contributed by atoms with Crippen LogP contribution in [0.15, 0.2) is 35.6 Å². The van der Waals surface area contributed by atoms with Gasteiger partial charge < -0.3 is 15.0 Å². The minimum atomic E-state index is -0.0519. The van der Waals surface area contributed by atoms with Crippen LogP contribution in [-0.4, -0.2) is 32.4 Å². The predicted molar refractivity (Wildman–Crippen MR) is 92.3 cm³/mol. The number of thioether (sulfide) groups is 1. The minimum Gasteiger partial charge on any atom is -0.390 e. The van der Waals surface area contributed by atoms with Crippen LogP contribution in [0.1, 0.15) is 23.7 Å². The van der Waals surface area contributed by atoms with E-state index >= 15 is 0 Å². The van der Waals surface area contributed by atoms with E-state index in [0.717, 1.165) is 17.3 Å². The summed E-state index contributed by atoms with van der Waals surface area (Å²) in [6.07, 6.45) is 2.45. The summed E-state index contributed by atoms with van der Waals surface area (Å²) in [7, 11) is 1.83. The van der Waals surface area contributed by atoms with Gasteiger partial charge in [0.2, 0.25) is 5.91 Å². The van der Waals surface area contributed by atoms with Crippen LogP contribution in [0.3, 0.4) is 0 Å². The SMILES string of the molecule is Cc1ccccc1CC(C)NC(=O)CSc1ncc(CO)n1C. The normalized spacial score (nSPS) is 12.2. The molecule has 2 aromatic rings. The molecule has 6 heteroatoms. The second-order valence-corrected chi connectivity index (χ2v) is 6.58. The Hall–Kier alpha value is -1.79. The Bertz CT molecular complexity index is 670. The number of amides is 1. The standard InChI is InChI=1S/C17H23N3O2S/c1-12-6-4-5-7-14(12)8-13(2)19-16(22)11-23-17-18-9-15(10-21)20(17)3/h4-7,9,13,21H,8,10-11H2,1-3H3,(H,19,22). The number of nitrogens with one attached hydrogen (secondary N) is 1. The highest BCUT2D eigenvalue weighted by Gasteiger charge is 2.12. The van der Waals surface area contributed by atoms with Gasteiger partial charge in [0, 0.05) is 13.1 Å². The molecule has 1 aromatic carbocycles. The summed E-state index contributed by atoms with van der Waals surface area (Å²) in [6, 6.07) is 8.30. The number of hydrogen-bond acceptors (Lipinski definition) is 4. The summed E-state index contributed by atoms with van der Waals surface area (Å²) in [4.78, 5) is 16.3. The van der Waals surface area contributed by atoms with Crippen molar-refractivity contribution < 1.29 is 9.90 Å². The van der Waals surface area contributed by atoms with Crippen LogP contribution in [0, 0.1) is 6.92 Å². The highest BCUT2D eigenvalue weighted by Crippen LogP contribution is 2.17. The first-order valence-electron chi connectivity index (χ1n) is 7.59. The van der Waals surface area contributed by atoms with Gasteiger partial charge in [0.1, 0.15) is 0 Å². The molecule has 2 rings (SSSR count). The number of aliphatic hydroxyl groups is 1. The van der Waals surface area contributed by atoms with Gasteiger partial charge in [0.05, 0.1) is 24.3 Å². The van der Waals surface area contributed by atoms with Gasteiger partial charge in [-0.15, -0.1) is 0 Å². The second kappa shape index (κ2) is 8.17. The number of rotatable bonds is 7.